The summed E-state index contributed by atoms with van der Waals surface area (Å²) < 4.78 is 5.68. The van der Waals surface area contributed by atoms with E-state index in [1.165, 1.54) is 12.1 Å². The summed E-state index contributed by atoms with van der Waals surface area (Å²) in [5.74, 6) is -0.273. The van der Waals surface area contributed by atoms with E-state index in [1.54, 1.807) is 36.5 Å². The fourth-order valence-corrected chi connectivity index (χ4v) is 3.11. The lowest BCUT2D eigenvalue weighted by Gasteiger charge is -2.08. The molecule has 0 saturated heterocycles. The van der Waals surface area contributed by atoms with Gasteiger partial charge in [-0.15, -0.1) is 0 Å². The molecule has 1 amide bonds. The fourth-order valence-electron chi connectivity index (χ4n) is 2.65. The molecule has 10 heteroatoms. The summed E-state index contributed by atoms with van der Waals surface area (Å²) in [5, 5.41) is 13.8. The van der Waals surface area contributed by atoms with E-state index in [0.717, 1.165) is 6.07 Å². The van der Waals surface area contributed by atoms with E-state index in [1.807, 2.05) is 0 Å². The van der Waals surface area contributed by atoms with Crippen LogP contribution in [0.2, 0.25) is 10.0 Å². The number of fused-ring (bicyclic) bond motifs is 1. The van der Waals surface area contributed by atoms with Crippen LogP contribution in [0.3, 0.4) is 0 Å². The van der Waals surface area contributed by atoms with Crippen LogP contribution in [0.4, 0.5) is 11.4 Å². The van der Waals surface area contributed by atoms with Crippen LogP contribution in [0, 0.1) is 10.1 Å². The fraction of sp³-hybridized carbons (Fsp3) is 0. The Kier molecular flexibility index (Phi) is 4.87. The molecule has 0 unspecified atom stereocenters. The number of carbonyl (C=O) groups is 1. The largest absolute Gasteiger partial charge is 0.434 e. The van der Waals surface area contributed by atoms with Gasteiger partial charge in [-0.05, 0) is 36.4 Å². The summed E-state index contributed by atoms with van der Waals surface area (Å²) in [6.45, 7) is 0. The van der Waals surface area contributed by atoms with Crippen molar-refractivity contribution in [2.24, 2.45) is 0 Å². The molecule has 144 valence electrons. The molecule has 0 saturated carbocycles. The molecule has 0 radical (unpaired) electrons. The van der Waals surface area contributed by atoms with Gasteiger partial charge in [-0.2, -0.15) is 4.98 Å². The number of hydrogen-bond acceptors (Lipinski definition) is 6. The average molecular weight is 429 g/mol. The van der Waals surface area contributed by atoms with Crippen LogP contribution >= 0.6 is 23.2 Å². The SMILES string of the molecule is O=C(Nc1ccc(Cl)c(-c2nc3ncccc3o2)c1)c1ccc([N+](=O)[O-])cc1Cl. The first-order valence-corrected chi connectivity index (χ1v) is 8.95. The van der Waals surface area contributed by atoms with Crippen LogP contribution < -0.4 is 5.32 Å². The molecule has 29 heavy (non-hydrogen) atoms. The molecule has 2 aromatic heterocycles. The molecule has 4 aromatic rings. The number of carbonyl (C=O) groups excluding carboxylic acids is 1. The van der Waals surface area contributed by atoms with Gasteiger partial charge in [0.1, 0.15) is 0 Å². The highest BCUT2D eigenvalue weighted by Crippen LogP contribution is 2.32. The highest BCUT2D eigenvalue weighted by atomic mass is 35.5. The van der Waals surface area contributed by atoms with Gasteiger partial charge in [0.15, 0.2) is 11.2 Å². The number of halogens is 2. The molecule has 0 aliphatic carbocycles. The number of aromatic nitrogens is 2. The Morgan fingerprint density at radius 1 is 1.10 bits per heavy atom. The van der Waals surface area contributed by atoms with E-state index >= 15 is 0 Å². The predicted molar refractivity (Wildman–Crippen MR) is 108 cm³/mol. The molecule has 0 fully saturated rings. The van der Waals surface area contributed by atoms with E-state index in [2.05, 4.69) is 15.3 Å². The van der Waals surface area contributed by atoms with Gasteiger partial charge < -0.3 is 9.73 Å². The summed E-state index contributed by atoms with van der Waals surface area (Å²) in [5.41, 5.74) is 1.72. The van der Waals surface area contributed by atoms with Crippen molar-refractivity contribution in [3.63, 3.8) is 0 Å². The van der Waals surface area contributed by atoms with Gasteiger partial charge in [0, 0.05) is 24.0 Å². The highest BCUT2D eigenvalue weighted by Gasteiger charge is 2.17. The number of oxazole rings is 1. The maximum absolute atomic E-state index is 12.5. The van der Waals surface area contributed by atoms with E-state index in [-0.39, 0.29) is 22.2 Å². The minimum absolute atomic E-state index is 0.0316. The maximum atomic E-state index is 12.5. The number of rotatable bonds is 4. The van der Waals surface area contributed by atoms with Gasteiger partial charge in [-0.1, -0.05) is 23.2 Å². The van der Waals surface area contributed by atoms with Crippen molar-refractivity contribution in [3.05, 3.63) is 80.5 Å². The second-order valence-electron chi connectivity index (χ2n) is 5.91. The van der Waals surface area contributed by atoms with Crippen molar-refractivity contribution in [3.8, 4) is 11.5 Å². The van der Waals surface area contributed by atoms with Crippen molar-refractivity contribution in [2.45, 2.75) is 0 Å². The summed E-state index contributed by atoms with van der Waals surface area (Å²) in [4.78, 5) is 31.2. The zero-order valence-electron chi connectivity index (χ0n) is 14.4. The number of benzene rings is 2. The smallest absolute Gasteiger partial charge is 0.270 e. The molecular formula is C19H10Cl2N4O4. The van der Waals surface area contributed by atoms with Gasteiger partial charge in [0.05, 0.1) is 26.1 Å². The molecule has 0 aliphatic heterocycles. The van der Waals surface area contributed by atoms with E-state index in [0.29, 0.717) is 27.5 Å². The van der Waals surface area contributed by atoms with Crippen molar-refractivity contribution in [2.75, 3.05) is 5.32 Å². The topological polar surface area (TPSA) is 111 Å². The number of nitrogens with one attached hydrogen (secondary N) is 1. The number of nitrogens with zero attached hydrogens (tertiary/aromatic N) is 3. The first-order chi connectivity index (χ1) is 13.9. The maximum Gasteiger partial charge on any atom is 0.270 e. The van der Waals surface area contributed by atoms with Crippen LogP contribution in [0.25, 0.3) is 22.7 Å². The van der Waals surface area contributed by atoms with Crippen molar-refractivity contribution in [1.82, 2.24) is 9.97 Å². The third kappa shape index (κ3) is 3.75. The quantitative estimate of drug-likeness (QED) is 0.346. The third-order valence-corrected chi connectivity index (χ3v) is 4.67. The molecule has 0 aliphatic rings. The standard InChI is InChI=1S/C19H10Cl2N4O4/c20-14-6-3-10(8-13(14)19-24-17-16(29-19)2-1-7-22-17)23-18(26)12-5-4-11(25(27)28)9-15(12)21/h1-9H,(H,23,26). The second-order valence-corrected chi connectivity index (χ2v) is 6.73. The van der Waals surface area contributed by atoms with Crippen molar-refractivity contribution in [1.29, 1.82) is 0 Å². The zero-order valence-corrected chi connectivity index (χ0v) is 15.9. The van der Waals surface area contributed by atoms with E-state index in [4.69, 9.17) is 27.6 Å². The Hall–Kier alpha value is -3.49. The average Bonchev–Trinajstić information content (AvgIpc) is 3.13. The summed E-state index contributed by atoms with van der Waals surface area (Å²) in [7, 11) is 0. The van der Waals surface area contributed by atoms with Crippen molar-refractivity contribution < 1.29 is 14.1 Å². The van der Waals surface area contributed by atoms with Crippen LogP contribution in [0.15, 0.2) is 59.1 Å². The van der Waals surface area contributed by atoms with Gasteiger partial charge in [0.2, 0.25) is 5.89 Å². The lowest BCUT2D eigenvalue weighted by molar-refractivity contribution is -0.384. The molecule has 0 atom stereocenters. The Bertz CT molecular complexity index is 1240. The minimum atomic E-state index is -0.589. The molecule has 2 heterocycles. The number of nitro groups is 1. The van der Waals surface area contributed by atoms with Crippen LogP contribution in [0.1, 0.15) is 10.4 Å². The normalized spacial score (nSPS) is 10.8. The molecule has 0 bridgehead atoms. The molecule has 1 N–H and O–H groups in total. The Balaban J connectivity index is 1.64. The number of non-ortho nitro benzene ring substituents is 1. The van der Waals surface area contributed by atoms with E-state index in [9.17, 15) is 14.9 Å². The monoisotopic (exact) mass is 428 g/mol. The number of anilines is 1. The highest BCUT2D eigenvalue weighted by molar-refractivity contribution is 6.35. The lowest BCUT2D eigenvalue weighted by atomic mass is 10.1. The lowest BCUT2D eigenvalue weighted by Crippen LogP contribution is -2.12. The number of hydrogen-bond donors (Lipinski definition) is 1. The zero-order chi connectivity index (χ0) is 20.5. The molecular weight excluding hydrogens is 419 g/mol. The van der Waals surface area contributed by atoms with Gasteiger partial charge in [0.25, 0.3) is 11.6 Å². The number of amides is 1. The second kappa shape index (κ2) is 7.50. The third-order valence-electron chi connectivity index (χ3n) is 4.03. The number of nitro benzene ring substituents is 1. The minimum Gasteiger partial charge on any atom is -0.434 e. The Labute approximate surface area is 173 Å². The van der Waals surface area contributed by atoms with Gasteiger partial charge in [-0.25, -0.2) is 4.98 Å². The molecule has 2 aromatic carbocycles. The number of pyridine rings is 1. The summed E-state index contributed by atoms with van der Waals surface area (Å²) >= 11 is 12.3. The first-order valence-electron chi connectivity index (χ1n) is 8.19. The van der Waals surface area contributed by atoms with Gasteiger partial charge in [-0.3, -0.25) is 14.9 Å². The van der Waals surface area contributed by atoms with Crippen LogP contribution in [0.5, 0.6) is 0 Å². The predicted octanol–water partition coefficient (Wildman–Crippen LogP) is 5.36. The van der Waals surface area contributed by atoms with Gasteiger partial charge >= 0.3 is 0 Å². The molecule has 4 rings (SSSR count). The molecule has 8 nitrogen and oxygen atoms in total. The summed E-state index contributed by atoms with van der Waals surface area (Å²) in [6, 6.07) is 11.9. The first kappa shape index (κ1) is 18.9. The van der Waals surface area contributed by atoms with Crippen molar-refractivity contribution >= 4 is 51.7 Å². The Morgan fingerprint density at radius 2 is 1.93 bits per heavy atom. The summed E-state index contributed by atoms with van der Waals surface area (Å²) in [6.07, 6.45) is 1.60. The van der Waals surface area contributed by atoms with Crippen LogP contribution in [-0.4, -0.2) is 20.8 Å². The van der Waals surface area contributed by atoms with E-state index < -0.39 is 10.8 Å². The Morgan fingerprint density at radius 3 is 2.66 bits per heavy atom. The van der Waals surface area contributed by atoms with Crippen LogP contribution in [-0.2, 0) is 0 Å². The molecule has 0 spiro atoms.